The summed E-state index contributed by atoms with van der Waals surface area (Å²) in [6.45, 7) is 0. The van der Waals surface area contributed by atoms with E-state index in [1.54, 1.807) is 24.3 Å². The molecule has 0 saturated carbocycles. The van der Waals surface area contributed by atoms with Crippen LogP contribution < -0.4 is 4.31 Å². The molecule has 0 atom stereocenters. The predicted octanol–water partition coefficient (Wildman–Crippen LogP) is 0.798. The van der Waals surface area contributed by atoms with Crippen LogP contribution in [0.15, 0.2) is 24.3 Å². The molecule has 0 aliphatic heterocycles. The van der Waals surface area contributed by atoms with Crippen molar-refractivity contribution in [3.63, 3.8) is 0 Å². The van der Waals surface area contributed by atoms with Gasteiger partial charge in [0.15, 0.2) is 0 Å². The molecule has 0 aliphatic carbocycles. The van der Waals surface area contributed by atoms with Crippen LogP contribution in [-0.2, 0) is 26.0 Å². The fourth-order valence-corrected chi connectivity index (χ4v) is 1.79. The maximum Gasteiger partial charge on any atom is 0.309 e. The van der Waals surface area contributed by atoms with Gasteiger partial charge in [0.25, 0.3) is 0 Å². The van der Waals surface area contributed by atoms with Crippen LogP contribution in [0, 0.1) is 0 Å². The van der Waals surface area contributed by atoms with Gasteiger partial charge in [0.1, 0.15) is 0 Å². The molecule has 17 heavy (non-hydrogen) atoms. The van der Waals surface area contributed by atoms with Gasteiger partial charge in [-0.1, -0.05) is 12.1 Å². The lowest BCUT2D eigenvalue weighted by Crippen LogP contribution is -2.24. The number of sulfonamides is 1. The maximum atomic E-state index is 11.4. The molecule has 1 aromatic carbocycles. The Morgan fingerprint density at radius 1 is 1.41 bits per heavy atom. The minimum atomic E-state index is -3.29. The van der Waals surface area contributed by atoms with Crippen molar-refractivity contribution in [2.45, 2.75) is 6.42 Å². The second-order valence-corrected chi connectivity index (χ2v) is 5.67. The SMILES string of the molecule is COC(=O)Cc1cccc(N(C)S(C)(=O)=O)c1. The lowest BCUT2D eigenvalue weighted by Gasteiger charge is -2.17. The Morgan fingerprint density at radius 2 is 2.06 bits per heavy atom. The van der Waals surface area contributed by atoms with Crippen LogP contribution in [0.4, 0.5) is 5.69 Å². The van der Waals surface area contributed by atoms with Crippen LogP contribution in [-0.4, -0.2) is 34.8 Å². The van der Waals surface area contributed by atoms with E-state index in [0.29, 0.717) is 11.3 Å². The van der Waals surface area contributed by atoms with E-state index in [0.717, 1.165) is 10.6 Å². The van der Waals surface area contributed by atoms with E-state index in [1.807, 2.05) is 0 Å². The highest BCUT2D eigenvalue weighted by Gasteiger charge is 2.12. The summed E-state index contributed by atoms with van der Waals surface area (Å²) >= 11 is 0. The largest absolute Gasteiger partial charge is 0.469 e. The first-order valence-electron chi connectivity index (χ1n) is 4.94. The molecule has 0 heterocycles. The average Bonchev–Trinajstić information content (AvgIpc) is 2.27. The number of nitrogens with zero attached hydrogens (tertiary/aromatic N) is 1. The van der Waals surface area contributed by atoms with E-state index in [-0.39, 0.29) is 12.4 Å². The van der Waals surface area contributed by atoms with Gasteiger partial charge in [-0.2, -0.15) is 0 Å². The van der Waals surface area contributed by atoms with Crippen LogP contribution in [0.3, 0.4) is 0 Å². The van der Waals surface area contributed by atoms with Crippen molar-refractivity contribution in [3.05, 3.63) is 29.8 Å². The molecule has 0 aromatic heterocycles. The third-order valence-electron chi connectivity index (χ3n) is 2.35. The number of anilines is 1. The third kappa shape index (κ3) is 3.74. The van der Waals surface area contributed by atoms with Gasteiger partial charge in [-0.25, -0.2) is 8.42 Å². The van der Waals surface area contributed by atoms with Crippen molar-refractivity contribution in [2.24, 2.45) is 0 Å². The maximum absolute atomic E-state index is 11.4. The van der Waals surface area contributed by atoms with E-state index in [1.165, 1.54) is 14.2 Å². The summed E-state index contributed by atoms with van der Waals surface area (Å²) in [4.78, 5) is 11.1. The summed E-state index contributed by atoms with van der Waals surface area (Å²) in [5, 5.41) is 0. The van der Waals surface area contributed by atoms with Gasteiger partial charge in [-0.15, -0.1) is 0 Å². The quantitative estimate of drug-likeness (QED) is 0.748. The lowest BCUT2D eigenvalue weighted by atomic mass is 10.1. The van der Waals surface area contributed by atoms with Crippen molar-refractivity contribution in [3.8, 4) is 0 Å². The lowest BCUT2D eigenvalue weighted by molar-refractivity contribution is -0.139. The molecule has 5 nitrogen and oxygen atoms in total. The van der Waals surface area contributed by atoms with Gasteiger partial charge >= 0.3 is 5.97 Å². The summed E-state index contributed by atoms with van der Waals surface area (Å²) in [6.07, 6.45) is 1.25. The Hall–Kier alpha value is -1.56. The normalized spacial score (nSPS) is 11.0. The number of hydrogen-bond donors (Lipinski definition) is 0. The second-order valence-electron chi connectivity index (χ2n) is 3.65. The van der Waals surface area contributed by atoms with E-state index in [9.17, 15) is 13.2 Å². The summed E-state index contributed by atoms with van der Waals surface area (Å²) in [5.41, 5.74) is 1.23. The first-order valence-corrected chi connectivity index (χ1v) is 6.79. The zero-order valence-corrected chi connectivity index (χ0v) is 10.8. The molecule has 0 spiro atoms. The van der Waals surface area contributed by atoms with E-state index >= 15 is 0 Å². The monoisotopic (exact) mass is 257 g/mol. The summed E-state index contributed by atoms with van der Waals surface area (Å²) in [7, 11) is -0.510. The highest BCUT2D eigenvalue weighted by Crippen LogP contribution is 2.17. The number of esters is 1. The topological polar surface area (TPSA) is 63.7 Å². The highest BCUT2D eigenvalue weighted by atomic mass is 32.2. The molecule has 1 aromatic rings. The molecule has 1 rings (SSSR count). The molecular formula is C11H15NO4S. The number of carbonyl (C=O) groups is 1. The Labute approximate surface area is 101 Å². The standard InChI is InChI=1S/C11H15NO4S/c1-12(17(3,14)15)10-6-4-5-9(7-10)8-11(13)16-2/h4-7H,8H2,1-3H3. The molecule has 0 aliphatic rings. The van der Waals surface area contributed by atoms with Crippen molar-refractivity contribution in [1.29, 1.82) is 0 Å². The predicted molar refractivity (Wildman–Crippen MR) is 65.4 cm³/mol. The van der Waals surface area contributed by atoms with E-state index < -0.39 is 10.0 Å². The van der Waals surface area contributed by atoms with Crippen molar-refractivity contribution in [2.75, 3.05) is 24.7 Å². The minimum absolute atomic E-state index is 0.127. The van der Waals surface area contributed by atoms with Crippen LogP contribution >= 0.6 is 0 Å². The number of hydrogen-bond acceptors (Lipinski definition) is 4. The number of carbonyl (C=O) groups excluding carboxylic acids is 1. The van der Waals surface area contributed by atoms with Crippen LogP contribution in [0.2, 0.25) is 0 Å². The van der Waals surface area contributed by atoms with Gasteiger partial charge in [0, 0.05) is 7.05 Å². The molecule has 0 radical (unpaired) electrons. The molecule has 0 N–H and O–H groups in total. The van der Waals surface area contributed by atoms with Crippen LogP contribution in [0.1, 0.15) is 5.56 Å². The second kappa shape index (κ2) is 5.18. The van der Waals surface area contributed by atoms with Gasteiger partial charge in [0.2, 0.25) is 10.0 Å². The molecule has 0 bridgehead atoms. The molecule has 0 fully saturated rings. The first kappa shape index (κ1) is 13.5. The Balaban J connectivity index is 2.97. The summed E-state index contributed by atoms with van der Waals surface area (Å²) in [6, 6.07) is 6.77. The Bertz CT molecular complexity index is 510. The van der Waals surface area contributed by atoms with E-state index in [4.69, 9.17) is 0 Å². The minimum Gasteiger partial charge on any atom is -0.469 e. The number of rotatable bonds is 4. The van der Waals surface area contributed by atoms with Crippen molar-refractivity contribution in [1.82, 2.24) is 0 Å². The zero-order valence-electron chi connectivity index (χ0n) is 10.0. The summed E-state index contributed by atoms with van der Waals surface area (Å²) in [5.74, 6) is -0.357. The number of ether oxygens (including phenoxy) is 1. The molecule has 0 saturated heterocycles. The fraction of sp³-hybridized carbons (Fsp3) is 0.364. The zero-order chi connectivity index (χ0) is 13.1. The van der Waals surface area contributed by atoms with Gasteiger partial charge in [0.05, 0.1) is 25.5 Å². The van der Waals surface area contributed by atoms with Crippen molar-refractivity contribution >= 4 is 21.7 Å². The number of benzene rings is 1. The van der Waals surface area contributed by atoms with Crippen LogP contribution in [0.5, 0.6) is 0 Å². The molecule has 6 heteroatoms. The average molecular weight is 257 g/mol. The van der Waals surface area contributed by atoms with Crippen molar-refractivity contribution < 1.29 is 17.9 Å². The fourth-order valence-electron chi connectivity index (χ4n) is 1.29. The summed E-state index contributed by atoms with van der Waals surface area (Å²) < 4.78 is 28.4. The van der Waals surface area contributed by atoms with Crippen LogP contribution in [0.25, 0.3) is 0 Å². The van der Waals surface area contributed by atoms with Gasteiger partial charge < -0.3 is 4.74 Å². The molecule has 94 valence electrons. The molecule has 0 amide bonds. The number of methoxy groups -OCH3 is 1. The Morgan fingerprint density at radius 3 is 2.59 bits per heavy atom. The van der Waals surface area contributed by atoms with Gasteiger partial charge in [-0.3, -0.25) is 9.10 Å². The van der Waals surface area contributed by atoms with E-state index in [2.05, 4.69) is 4.74 Å². The molecule has 0 unspecified atom stereocenters. The Kier molecular flexibility index (Phi) is 4.11. The third-order valence-corrected chi connectivity index (χ3v) is 3.55. The van der Waals surface area contributed by atoms with Gasteiger partial charge in [-0.05, 0) is 17.7 Å². The first-order chi connectivity index (χ1) is 7.84. The smallest absolute Gasteiger partial charge is 0.309 e. The highest BCUT2D eigenvalue weighted by molar-refractivity contribution is 7.92. The molecular weight excluding hydrogens is 242 g/mol.